The molecule has 2 aromatic carbocycles. The quantitative estimate of drug-likeness (QED) is 0.379. The molecule has 0 spiro atoms. The van der Waals surface area contributed by atoms with E-state index < -0.39 is 0 Å². The number of fused-ring (bicyclic) bond motifs is 1. The molecule has 6 heteroatoms. The number of para-hydroxylation sites is 1. The maximum atomic E-state index is 13.0. The van der Waals surface area contributed by atoms with Crippen LogP contribution in [-0.2, 0) is 16.1 Å². The van der Waals surface area contributed by atoms with E-state index in [9.17, 15) is 9.59 Å². The summed E-state index contributed by atoms with van der Waals surface area (Å²) in [6, 6.07) is 15.4. The van der Waals surface area contributed by atoms with Crippen LogP contribution < -0.4 is 5.56 Å². The zero-order valence-corrected chi connectivity index (χ0v) is 15.6. The van der Waals surface area contributed by atoms with Gasteiger partial charge in [-0.1, -0.05) is 53.7 Å². The van der Waals surface area contributed by atoms with Crippen LogP contribution in [0, 0.1) is 6.92 Å². The zero-order valence-electron chi connectivity index (χ0n) is 14.8. The predicted molar refractivity (Wildman–Crippen MR) is 104 cm³/mol. The molecule has 0 amide bonds. The van der Waals surface area contributed by atoms with E-state index in [4.69, 9.17) is 0 Å². The molecule has 3 rings (SSSR count). The summed E-state index contributed by atoms with van der Waals surface area (Å²) in [7, 11) is 1.37. The number of ether oxygens (including phenoxy) is 1. The Hall–Kier alpha value is -2.60. The number of nitrogens with zero attached hydrogens (tertiary/aromatic N) is 2. The summed E-state index contributed by atoms with van der Waals surface area (Å²) in [4.78, 5) is 29.0. The van der Waals surface area contributed by atoms with Crippen molar-refractivity contribution in [3.63, 3.8) is 0 Å². The van der Waals surface area contributed by atoms with E-state index >= 15 is 0 Å². The van der Waals surface area contributed by atoms with E-state index in [0.717, 1.165) is 5.56 Å². The van der Waals surface area contributed by atoms with Gasteiger partial charge in [-0.3, -0.25) is 14.2 Å². The van der Waals surface area contributed by atoms with Crippen LogP contribution in [0.25, 0.3) is 10.9 Å². The fourth-order valence-corrected chi connectivity index (χ4v) is 3.52. The lowest BCUT2D eigenvalue weighted by molar-refractivity contribution is -0.140. The molecule has 1 heterocycles. The minimum Gasteiger partial charge on any atom is -0.469 e. The van der Waals surface area contributed by atoms with E-state index in [1.165, 1.54) is 24.4 Å². The van der Waals surface area contributed by atoms with Gasteiger partial charge in [0.2, 0.25) is 0 Å². The molecule has 0 aliphatic rings. The minimum atomic E-state index is -0.272. The van der Waals surface area contributed by atoms with Crippen LogP contribution in [0.15, 0.2) is 58.5 Å². The highest BCUT2D eigenvalue weighted by Crippen LogP contribution is 2.20. The van der Waals surface area contributed by atoms with Crippen LogP contribution in [0.3, 0.4) is 0 Å². The van der Waals surface area contributed by atoms with Gasteiger partial charge in [-0.25, -0.2) is 4.98 Å². The number of methoxy groups -OCH3 is 1. The van der Waals surface area contributed by atoms with Gasteiger partial charge in [-0.15, -0.1) is 0 Å². The predicted octanol–water partition coefficient (Wildman–Crippen LogP) is 3.41. The van der Waals surface area contributed by atoms with Crippen LogP contribution in [0.1, 0.15) is 17.5 Å². The smallest absolute Gasteiger partial charge is 0.306 e. The third-order valence-corrected chi connectivity index (χ3v) is 5.03. The molecule has 0 N–H and O–H groups in total. The van der Waals surface area contributed by atoms with Gasteiger partial charge in [-0.2, -0.15) is 0 Å². The number of aryl methyl sites for hydroxylation is 1. The molecule has 0 saturated carbocycles. The van der Waals surface area contributed by atoms with Gasteiger partial charge in [0.05, 0.1) is 31.0 Å². The largest absolute Gasteiger partial charge is 0.469 e. The molecular weight excluding hydrogens is 348 g/mol. The lowest BCUT2D eigenvalue weighted by atomic mass is 10.1. The first-order valence-electron chi connectivity index (χ1n) is 8.33. The number of esters is 1. The molecule has 0 aliphatic heterocycles. The molecule has 26 heavy (non-hydrogen) atoms. The van der Waals surface area contributed by atoms with Crippen LogP contribution in [0.4, 0.5) is 0 Å². The Labute approximate surface area is 156 Å². The number of rotatable bonds is 6. The molecule has 134 valence electrons. The fraction of sp³-hybridized carbons (Fsp3) is 0.250. The van der Waals surface area contributed by atoms with Crippen LogP contribution in [-0.4, -0.2) is 28.4 Å². The van der Waals surface area contributed by atoms with Crippen molar-refractivity contribution in [1.29, 1.82) is 0 Å². The molecule has 0 aliphatic carbocycles. The Kier molecular flexibility index (Phi) is 5.73. The molecule has 0 radical (unpaired) electrons. The van der Waals surface area contributed by atoms with Crippen molar-refractivity contribution < 1.29 is 9.53 Å². The first kappa shape index (κ1) is 18.2. The number of aromatic nitrogens is 2. The molecule has 0 bridgehead atoms. The van der Waals surface area contributed by atoms with Crippen molar-refractivity contribution in [2.45, 2.75) is 25.0 Å². The maximum Gasteiger partial charge on any atom is 0.306 e. The first-order valence-corrected chi connectivity index (χ1v) is 9.32. The Bertz CT molecular complexity index is 981. The van der Waals surface area contributed by atoms with Gasteiger partial charge in [-0.05, 0) is 24.6 Å². The number of hydrogen-bond acceptors (Lipinski definition) is 5. The summed E-state index contributed by atoms with van der Waals surface area (Å²) >= 11 is 1.39. The molecule has 0 fully saturated rings. The molecular formula is C20H20N2O3S. The van der Waals surface area contributed by atoms with Crippen molar-refractivity contribution >= 4 is 28.6 Å². The molecule has 0 unspecified atom stereocenters. The summed E-state index contributed by atoms with van der Waals surface area (Å²) in [5.41, 5.74) is 2.80. The average Bonchev–Trinajstić information content (AvgIpc) is 2.66. The Morgan fingerprint density at radius 2 is 1.88 bits per heavy atom. The van der Waals surface area contributed by atoms with Crippen molar-refractivity contribution in [3.05, 3.63) is 70.0 Å². The number of benzene rings is 2. The summed E-state index contributed by atoms with van der Waals surface area (Å²) < 4.78 is 6.35. The summed E-state index contributed by atoms with van der Waals surface area (Å²) in [6.45, 7) is 2.47. The third-order valence-electron chi connectivity index (χ3n) is 4.05. The summed E-state index contributed by atoms with van der Waals surface area (Å²) in [5.74, 6) is 0.233. The number of carbonyl (C=O) groups is 1. The monoisotopic (exact) mass is 368 g/mol. The second kappa shape index (κ2) is 8.19. The highest BCUT2D eigenvalue weighted by molar-refractivity contribution is 7.99. The first-order chi connectivity index (χ1) is 12.6. The van der Waals surface area contributed by atoms with E-state index in [0.29, 0.717) is 28.4 Å². The third kappa shape index (κ3) is 4.14. The highest BCUT2D eigenvalue weighted by Gasteiger charge is 2.13. The van der Waals surface area contributed by atoms with Gasteiger partial charge >= 0.3 is 5.97 Å². The van der Waals surface area contributed by atoms with Crippen molar-refractivity contribution in [2.24, 2.45) is 0 Å². The molecule has 0 saturated heterocycles. The van der Waals surface area contributed by atoms with Crippen LogP contribution in [0.2, 0.25) is 0 Å². The van der Waals surface area contributed by atoms with E-state index in [2.05, 4.69) is 9.72 Å². The number of hydrogen-bond donors (Lipinski definition) is 0. The van der Waals surface area contributed by atoms with Gasteiger partial charge in [0.25, 0.3) is 5.56 Å². The van der Waals surface area contributed by atoms with E-state index in [-0.39, 0.29) is 17.9 Å². The van der Waals surface area contributed by atoms with Gasteiger partial charge in [0.15, 0.2) is 5.16 Å². The SMILES string of the molecule is COC(=O)CCSc1nc2ccccc2c(=O)n1Cc1ccc(C)cc1. The van der Waals surface area contributed by atoms with Crippen LogP contribution >= 0.6 is 11.8 Å². The number of carbonyl (C=O) groups excluding carboxylic acids is 1. The topological polar surface area (TPSA) is 61.2 Å². The van der Waals surface area contributed by atoms with Gasteiger partial charge in [0, 0.05) is 5.75 Å². The van der Waals surface area contributed by atoms with Crippen molar-refractivity contribution in [3.8, 4) is 0 Å². The molecule has 0 atom stereocenters. The van der Waals surface area contributed by atoms with Crippen molar-refractivity contribution in [1.82, 2.24) is 9.55 Å². The van der Waals surface area contributed by atoms with Gasteiger partial charge in [0.1, 0.15) is 0 Å². The minimum absolute atomic E-state index is 0.0725. The normalized spacial score (nSPS) is 10.8. The van der Waals surface area contributed by atoms with E-state index in [1.807, 2.05) is 49.4 Å². The lowest BCUT2D eigenvalue weighted by Crippen LogP contribution is -2.24. The highest BCUT2D eigenvalue weighted by atomic mass is 32.2. The lowest BCUT2D eigenvalue weighted by Gasteiger charge is -2.13. The molecule has 5 nitrogen and oxygen atoms in total. The number of thioether (sulfide) groups is 1. The summed E-state index contributed by atoms with van der Waals surface area (Å²) in [6.07, 6.45) is 0.272. The summed E-state index contributed by atoms with van der Waals surface area (Å²) in [5, 5.41) is 1.20. The fourth-order valence-electron chi connectivity index (χ4n) is 2.60. The van der Waals surface area contributed by atoms with Crippen LogP contribution in [0.5, 0.6) is 0 Å². The maximum absolute atomic E-state index is 13.0. The molecule has 1 aromatic heterocycles. The second-order valence-corrected chi connectivity index (χ2v) is 7.03. The zero-order chi connectivity index (χ0) is 18.5. The Balaban J connectivity index is 1.98. The van der Waals surface area contributed by atoms with Gasteiger partial charge < -0.3 is 4.74 Å². The second-order valence-electron chi connectivity index (χ2n) is 5.96. The standard InChI is InChI=1S/C20H20N2O3S/c1-14-7-9-15(10-8-14)13-22-19(24)16-5-3-4-6-17(16)21-20(22)26-12-11-18(23)25-2/h3-10H,11-13H2,1-2H3. The molecule has 3 aromatic rings. The Morgan fingerprint density at radius 1 is 1.15 bits per heavy atom. The Morgan fingerprint density at radius 3 is 2.62 bits per heavy atom. The van der Waals surface area contributed by atoms with Crippen molar-refractivity contribution in [2.75, 3.05) is 12.9 Å². The van der Waals surface area contributed by atoms with E-state index in [1.54, 1.807) is 10.6 Å². The average molecular weight is 368 g/mol.